The second-order valence-corrected chi connectivity index (χ2v) is 5.32. The molecular formula is C17H14N4O4. The van der Waals surface area contributed by atoms with Gasteiger partial charge in [-0.15, -0.1) is 0 Å². The number of nitro groups is 1. The van der Waals surface area contributed by atoms with E-state index in [0.717, 1.165) is 17.7 Å². The molecule has 0 aliphatic rings. The molecule has 3 aromatic rings. The number of hydrogen-bond donors (Lipinski definition) is 2. The average Bonchev–Trinajstić information content (AvgIpc) is 3.09. The van der Waals surface area contributed by atoms with E-state index in [-0.39, 0.29) is 5.56 Å². The zero-order chi connectivity index (χ0) is 17.8. The normalized spacial score (nSPS) is 10.4. The average molecular weight is 338 g/mol. The van der Waals surface area contributed by atoms with Gasteiger partial charge in [0.15, 0.2) is 5.75 Å². The molecule has 1 heterocycles. The van der Waals surface area contributed by atoms with Crippen molar-refractivity contribution in [2.75, 3.05) is 5.32 Å². The fraction of sp³-hybridized carbons (Fsp3) is 0.0588. The molecule has 8 heteroatoms. The lowest BCUT2D eigenvalue weighted by atomic mass is 10.1. The second-order valence-electron chi connectivity index (χ2n) is 5.32. The van der Waals surface area contributed by atoms with Crippen LogP contribution in [0.1, 0.15) is 15.9 Å². The van der Waals surface area contributed by atoms with Crippen LogP contribution in [0.2, 0.25) is 0 Å². The molecule has 0 saturated heterocycles. The van der Waals surface area contributed by atoms with E-state index >= 15 is 0 Å². The molecule has 0 radical (unpaired) electrons. The summed E-state index contributed by atoms with van der Waals surface area (Å²) >= 11 is 0. The number of hydrogen-bond acceptors (Lipinski definition) is 5. The van der Waals surface area contributed by atoms with Gasteiger partial charge in [-0.1, -0.05) is 12.1 Å². The summed E-state index contributed by atoms with van der Waals surface area (Å²) in [5.41, 5.74) is 1.28. The molecule has 1 amide bonds. The van der Waals surface area contributed by atoms with Gasteiger partial charge in [-0.2, -0.15) is 5.10 Å². The van der Waals surface area contributed by atoms with Crippen molar-refractivity contribution in [2.45, 2.75) is 6.54 Å². The van der Waals surface area contributed by atoms with Gasteiger partial charge < -0.3 is 10.4 Å². The number of carbonyl (C=O) groups excluding carboxylic acids is 1. The maximum Gasteiger partial charge on any atom is 0.310 e. The highest BCUT2D eigenvalue weighted by atomic mass is 16.6. The van der Waals surface area contributed by atoms with Crippen LogP contribution >= 0.6 is 0 Å². The topological polar surface area (TPSA) is 110 Å². The van der Waals surface area contributed by atoms with Crippen LogP contribution in [0, 0.1) is 10.1 Å². The summed E-state index contributed by atoms with van der Waals surface area (Å²) in [6.45, 7) is 0.622. The number of rotatable bonds is 5. The minimum absolute atomic E-state index is 0.128. The molecule has 2 N–H and O–H groups in total. The lowest BCUT2D eigenvalue weighted by molar-refractivity contribution is -0.385. The predicted molar refractivity (Wildman–Crippen MR) is 90.5 cm³/mol. The van der Waals surface area contributed by atoms with E-state index in [4.69, 9.17) is 0 Å². The van der Waals surface area contributed by atoms with Crippen molar-refractivity contribution in [3.63, 3.8) is 0 Å². The lowest BCUT2D eigenvalue weighted by Gasteiger charge is -2.07. The molecule has 25 heavy (non-hydrogen) atoms. The molecule has 3 rings (SSSR count). The van der Waals surface area contributed by atoms with E-state index < -0.39 is 22.3 Å². The lowest BCUT2D eigenvalue weighted by Crippen LogP contribution is -2.12. The van der Waals surface area contributed by atoms with Gasteiger partial charge >= 0.3 is 5.69 Å². The molecule has 2 aromatic carbocycles. The summed E-state index contributed by atoms with van der Waals surface area (Å²) < 4.78 is 1.78. The molecule has 0 atom stereocenters. The van der Waals surface area contributed by atoms with Crippen molar-refractivity contribution < 1.29 is 14.8 Å². The fourth-order valence-corrected chi connectivity index (χ4v) is 2.30. The fourth-order valence-electron chi connectivity index (χ4n) is 2.30. The Kier molecular flexibility index (Phi) is 4.42. The number of phenolic OH excluding ortho intramolecular Hbond substituents is 1. The van der Waals surface area contributed by atoms with Crippen LogP contribution in [0.25, 0.3) is 0 Å². The molecule has 0 unspecified atom stereocenters. The minimum atomic E-state index is -0.713. The molecule has 0 aliphatic heterocycles. The summed E-state index contributed by atoms with van der Waals surface area (Å²) in [7, 11) is 0. The van der Waals surface area contributed by atoms with Crippen LogP contribution in [0.4, 0.5) is 11.4 Å². The predicted octanol–water partition coefficient (Wildman–Crippen LogP) is 2.80. The Morgan fingerprint density at radius 3 is 2.60 bits per heavy atom. The van der Waals surface area contributed by atoms with Gasteiger partial charge in [0.1, 0.15) is 0 Å². The van der Waals surface area contributed by atoms with Crippen molar-refractivity contribution >= 4 is 17.3 Å². The third-order valence-electron chi connectivity index (χ3n) is 3.55. The number of amides is 1. The van der Waals surface area contributed by atoms with Crippen LogP contribution in [0.15, 0.2) is 60.9 Å². The summed E-state index contributed by atoms with van der Waals surface area (Å²) in [5.74, 6) is -1.02. The molecule has 126 valence electrons. The minimum Gasteiger partial charge on any atom is -0.502 e. The Balaban J connectivity index is 1.68. The Hall–Kier alpha value is -3.68. The summed E-state index contributed by atoms with van der Waals surface area (Å²) in [5, 5.41) is 27.1. The number of nitrogens with one attached hydrogen (secondary N) is 1. The van der Waals surface area contributed by atoms with Crippen molar-refractivity contribution in [1.29, 1.82) is 0 Å². The number of phenols is 1. The van der Waals surface area contributed by atoms with E-state index in [9.17, 15) is 20.0 Å². The van der Waals surface area contributed by atoms with Gasteiger partial charge in [-0.3, -0.25) is 19.6 Å². The monoisotopic (exact) mass is 338 g/mol. The van der Waals surface area contributed by atoms with Crippen molar-refractivity contribution in [3.8, 4) is 5.75 Å². The maximum absolute atomic E-state index is 12.2. The van der Waals surface area contributed by atoms with Crippen molar-refractivity contribution in [3.05, 3.63) is 82.2 Å². The first-order valence-corrected chi connectivity index (χ1v) is 7.38. The van der Waals surface area contributed by atoms with E-state index in [1.54, 1.807) is 23.0 Å². The van der Waals surface area contributed by atoms with Gasteiger partial charge in [-0.05, 0) is 35.9 Å². The Morgan fingerprint density at radius 1 is 1.24 bits per heavy atom. The molecular weight excluding hydrogens is 324 g/mol. The zero-order valence-corrected chi connectivity index (χ0v) is 13.0. The third kappa shape index (κ3) is 3.81. The molecule has 0 bridgehead atoms. The summed E-state index contributed by atoms with van der Waals surface area (Å²) in [6.07, 6.45) is 3.56. The Bertz CT molecular complexity index is 905. The summed E-state index contributed by atoms with van der Waals surface area (Å²) in [6, 6.07) is 12.5. The van der Waals surface area contributed by atoms with Crippen molar-refractivity contribution in [1.82, 2.24) is 9.78 Å². The SMILES string of the molecule is O=C(Nc1ccc(Cn2cccn2)cc1)c1ccc([N+](=O)[O-])c(O)c1. The van der Waals surface area contributed by atoms with Gasteiger partial charge in [0.05, 0.1) is 11.5 Å². The van der Waals surface area contributed by atoms with E-state index in [2.05, 4.69) is 10.4 Å². The number of anilines is 1. The Labute approximate surface area is 142 Å². The van der Waals surface area contributed by atoms with Gasteiger partial charge in [0.25, 0.3) is 5.91 Å². The largest absolute Gasteiger partial charge is 0.502 e. The van der Waals surface area contributed by atoms with Crippen molar-refractivity contribution in [2.24, 2.45) is 0 Å². The van der Waals surface area contributed by atoms with Crippen LogP contribution in [-0.2, 0) is 6.54 Å². The molecule has 0 spiro atoms. The number of benzene rings is 2. The Morgan fingerprint density at radius 2 is 2.00 bits per heavy atom. The highest BCUT2D eigenvalue weighted by Gasteiger charge is 2.16. The standard InChI is InChI=1S/C17H14N4O4/c22-16-10-13(4-7-15(16)21(24)25)17(23)19-14-5-2-12(3-6-14)11-20-9-1-8-18-20/h1-10,22H,11H2,(H,19,23). The van der Waals surface area contributed by atoms with E-state index in [1.165, 1.54) is 6.07 Å². The van der Waals surface area contributed by atoms with Gasteiger partial charge in [0, 0.05) is 29.7 Å². The highest BCUT2D eigenvalue weighted by molar-refractivity contribution is 6.04. The second kappa shape index (κ2) is 6.83. The molecule has 0 fully saturated rings. The first-order valence-electron chi connectivity index (χ1n) is 7.38. The van der Waals surface area contributed by atoms with Crippen LogP contribution in [0.3, 0.4) is 0 Å². The van der Waals surface area contributed by atoms with Gasteiger partial charge in [-0.25, -0.2) is 0 Å². The van der Waals surface area contributed by atoms with Crippen LogP contribution in [0.5, 0.6) is 5.75 Å². The third-order valence-corrected chi connectivity index (χ3v) is 3.55. The smallest absolute Gasteiger partial charge is 0.310 e. The number of aromatic hydroxyl groups is 1. The first kappa shape index (κ1) is 16.2. The molecule has 0 saturated carbocycles. The summed E-state index contributed by atoms with van der Waals surface area (Å²) in [4.78, 5) is 22.1. The number of nitrogens with zero attached hydrogens (tertiary/aromatic N) is 3. The van der Waals surface area contributed by atoms with E-state index in [1.807, 2.05) is 24.4 Å². The quantitative estimate of drug-likeness (QED) is 0.549. The first-order chi connectivity index (χ1) is 12.0. The number of aromatic nitrogens is 2. The number of nitro benzene ring substituents is 1. The molecule has 0 aliphatic carbocycles. The maximum atomic E-state index is 12.2. The van der Waals surface area contributed by atoms with E-state index in [0.29, 0.717) is 12.2 Å². The molecule has 1 aromatic heterocycles. The number of carbonyl (C=O) groups is 1. The van der Waals surface area contributed by atoms with Gasteiger partial charge in [0.2, 0.25) is 0 Å². The molecule has 8 nitrogen and oxygen atoms in total. The zero-order valence-electron chi connectivity index (χ0n) is 13.0. The van der Waals surface area contributed by atoms with Crippen LogP contribution < -0.4 is 5.32 Å². The van der Waals surface area contributed by atoms with Crippen LogP contribution in [-0.4, -0.2) is 25.7 Å². The highest BCUT2D eigenvalue weighted by Crippen LogP contribution is 2.26.